The summed E-state index contributed by atoms with van der Waals surface area (Å²) < 4.78 is 0. The van der Waals surface area contributed by atoms with Crippen LogP contribution < -0.4 is 15.5 Å². The van der Waals surface area contributed by atoms with Gasteiger partial charge in [-0.1, -0.05) is 91.7 Å². The molecule has 0 bridgehead atoms. The van der Waals surface area contributed by atoms with E-state index < -0.39 is 26.0 Å². The van der Waals surface area contributed by atoms with E-state index in [0.29, 0.717) is 11.6 Å². The Bertz CT molecular complexity index is 3080. The average molecular weight is 1220 g/mol. The highest BCUT2D eigenvalue weighted by atomic mass is 35.5. The van der Waals surface area contributed by atoms with Gasteiger partial charge in [0, 0.05) is 53.9 Å². The molecule has 0 saturated carbocycles. The summed E-state index contributed by atoms with van der Waals surface area (Å²) in [6, 6.07) is 33.8. The minimum Gasteiger partial charge on any atom is -0.477 e. The predicted molar refractivity (Wildman–Crippen MR) is 329 cm³/mol. The number of aryl methyl sites for hydroxylation is 6. The first kappa shape index (κ1) is 84.3. The second-order valence-corrected chi connectivity index (χ2v) is 17.9. The second kappa shape index (κ2) is 41.4. The van der Waals surface area contributed by atoms with Crippen molar-refractivity contribution < 1.29 is 63.0 Å². The van der Waals surface area contributed by atoms with Crippen molar-refractivity contribution in [3.63, 3.8) is 0 Å². The van der Waals surface area contributed by atoms with Gasteiger partial charge in [-0.2, -0.15) is 28.8 Å². The van der Waals surface area contributed by atoms with Gasteiger partial charge in [0.25, 0.3) is 28.2 Å². The molecule has 0 unspecified atom stereocenters. The number of nitro benzene ring substituents is 3. The van der Waals surface area contributed by atoms with Crippen LogP contribution in [0.25, 0.3) is 0 Å². The van der Waals surface area contributed by atoms with Gasteiger partial charge >= 0.3 is 24.4 Å². The Labute approximate surface area is 506 Å². The zero-order chi connectivity index (χ0) is 59.7. The summed E-state index contributed by atoms with van der Waals surface area (Å²) in [6.07, 6.45) is 3.88. The van der Waals surface area contributed by atoms with Crippen molar-refractivity contribution >= 4 is 93.7 Å². The molecule has 0 aromatic heterocycles. The quantitative estimate of drug-likeness (QED) is 0.0792. The number of fused-ring (bicyclic) bond motifs is 3. The fourth-order valence-corrected chi connectivity index (χ4v) is 8.24. The Morgan fingerprint density at radius 1 is 0.541 bits per heavy atom. The van der Waals surface area contributed by atoms with E-state index in [2.05, 4.69) is 66.1 Å². The number of rotatable bonds is 6. The molecule has 24 heteroatoms. The third kappa shape index (κ3) is 24.8. The van der Waals surface area contributed by atoms with E-state index in [4.69, 9.17) is 45.5 Å². The molecule has 0 saturated heterocycles. The molecule has 6 aromatic carbocycles. The fourth-order valence-electron chi connectivity index (χ4n) is 8.09. The summed E-state index contributed by atoms with van der Waals surface area (Å²) in [7, 11) is 0. The van der Waals surface area contributed by atoms with E-state index in [1.165, 1.54) is 65.7 Å². The van der Waals surface area contributed by atoms with Crippen LogP contribution in [-0.4, -0.2) is 74.1 Å². The second-order valence-electron chi connectivity index (χ2n) is 17.6. The Morgan fingerprint density at radius 2 is 0.894 bits per heavy atom. The molecule has 460 valence electrons. The van der Waals surface area contributed by atoms with E-state index in [9.17, 15) is 44.7 Å². The lowest BCUT2D eigenvalue weighted by molar-refractivity contribution is -0.385. The van der Waals surface area contributed by atoms with Gasteiger partial charge in [0.1, 0.15) is 16.7 Å². The normalized spacial score (nSPS) is 12.1. The highest BCUT2D eigenvalue weighted by Gasteiger charge is 2.35. The number of carboxylic acid groups (broad SMARTS) is 1. The van der Waals surface area contributed by atoms with Gasteiger partial charge < -0.3 is 20.6 Å². The maximum absolute atomic E-state index is 13.0. The average Bonchev–Trinajstić information content (AvgIpc) is 4.01. The molecule has 85 heavy (non-hydrogen) atoms. The van der Waals surface area contributed by atoms with Crippen molar-refractivity contribution in [2.45, 2.75) is 124 Å². The summed E-state index contributed by atoms with van der Waals surface area (Å²) in [6.45, 7) is 15.9. The van der Waals surface area contributed by atoms with Crippen molar-refractivity contribution in [1.29, 1.82) is 0 Å². The van der Waals surface area contributed by atoms with E-state index in [1.54, 1.807) is 38.7 Å². The van der Waals surface area contributed by atoms with Crippen LogP contribution in [0.5, 0.6) is 0 Å². The fraction of sp³-hybridized carbons (Fsp3) is 0.311. The van der Waals surface area contributed by atoms with Gasteiger partial charge in [-0.25, -0.2) is 4.79 Å². The number of benzene rings is 6. The lowest BCUT2D eigenvalue weighted by atomic mass is 10.0. The zero-order valence-electron chi connectivity index (χ0n) is 44.5. The minimum atomic E-state index is -1.28. The highest BCUT2D eigenvalue weighted by Crippen LogP contribution is 2.35. The van der Waals surface area contributed by atoms with E-state index >= 15 is 0 Å². The number of nitrogens with one attached hydrogen (secondary N) is 2. The van der Waals surface area contributed by atoms with Gasteiger partial charge in [0.15, 0.2) is 0 Å². The monoisotopic (exact) mass is 1220 g/mol. The van der Waals surface area contributed by atoms with E-state index in [-0.39, 0.29) is 114 Å². The molecular weight excluding hydrogens is 1140 g/mol. The van der Waals surface area contributed by atoms with Crippen molar-refractivity contribution in [2.24, 2.45) is 0 Å². The first-order chi connectivity index (χ1) is 37.3. The summed E-state index contributed by atoms with van der Waals surface area (Å²) in [5.74, 6) is -1.59. The Hall–Kier alpha value is -9.55. The number of nitrogens with zero attached hydrogens (tertiary/aromatic N) is 4. The molecule has 0 radical (unpaired) electrons. The lowest BCUT2D eigenvalue weighted by Gasteiger charge is -2.23. The number of halogens is 2. The molecule has 3 aliphatic heterocycles. The maximum Gasteiger partial charge on any atom is 0.373 e. The molecule has 0 aliphatic carbocycles. The number of hydrogen-bond acceptors (Lipinski definition) is 17. The van der Waals surface area contributed by atoms with Crippen LogP contribution >= 0.6 is 24.0 Å². The number of nitro groups is 3. The first-order valence-corrected chi connectivity index (χ1v) is 24.0. The molecule has 3 heterocycles. The summed E-state index contributed by atoms with van der Waals surface area (Å²) >= 11 is 5.23. The van der Waals surface area contributed by atoms with Gasteiger partial charge in [0.2, 0.25) is 0 Å². The summed E-state index contributed by atoms with van der Waals surface area (Å²) in [4.78, 5) is 116. The number of anilines is 3. The molecule has 6 aromatic rings. The Balaban J connectivity index is -0.000000306. The van der Waals surface area contributed by atoms with Crippen LogP contribution in [0.15, 0.2) is 109 Å². The van der Waals surface area contributed by atoms with Crippen LogP contribution in [-0.2, 0) is 48.0 Å². The van der Waals surface area contributed by atoms with E-state index in [0.717, 1.165) is 52.0 Å². The topological polar surface area (TPSA) is 331 Å². The smallest absolute Gasteiger partial charge is 0.373 e. The highest BCUT2D eigenvalue weighted by molar-refractivity contribution is 6.68. The standard InChI is InChI=1S/C18H18N2O3.C9H8ClNO3.C9H9NO4.C9H11N.C8H9N.3CO2.5CH4.ClH/c1-11-8-15(17(20(22)23)9-12(11)2)18(21)19-13(3)10-14-6-4-5-7-16(14)19;1-5-3-7(9(10)12)8(11(13)14)4-6(5)2;1-5-3-7(9(11)12)8(10(13)14)4-6(5)2;1-7-6-8-4-2-3-5-9(8)10-7;1-2-4-8-7(3-1)5-6-9-8;3*2-1-3;;;;;;/h4-9,13H,10H2,1-3H3;3-4H,1-2H3;3-4H,1-2H3,(H,11,12);2-5,7,10H,6H2,1H3;1-4,9H,5-6H2;;;;5*1H4;1H/t13-;;;7-;;;;;;;;;;/m1..1........../s1. The largest absolute Gasteiger partial charge is 0.477 e. The van der Waals surface area contributed by atoms with Crippen LogP contribution in [0.2, 0.25) is 0 Å². The molecule has 2 atom stereocenters. The number of para-hydroxylation sites is 3. The van der Waals surface area contributed by atoms with Crippen molar-refractivity contribution in [3.05, 3.63) is 206 Å². The van der Waals surface area contributed by atoms with E-state index in [1.807, 2.05) is 45.0 Å². The van der Waals surface area contributed by atoms with Crippen LogP contribution in [0.4, 0.5) is 34.1 Å². The number of aromatic carboxylic acids is 1. The molecule has 0 fully saturated rings. The number of carbonyl (C=O) groups is 3. The number of hydrogen-bond donors (Lipinski definition) is 3. The predicted octanol–water partition coefficient (Wildman–Crippen LogP) is 13.9. The Kier molecular flexibility index (Phi) is 41.1. The van der Waals surface area contributed by atoms with Gasteiger partial charge in [-0.05, 0) is 173 Å². The number of amides is 1. The van der Waals surface area contributed by atoms with Crippen molar-refractivity contribution in [3.8, 4) is 0 Å². The summed E-state index contributed by atoms with van der Waals surface area (Å²) in [5.41, 5.74) is 11.3. The molecule has 9 rings (SSSR count). The SMILES string of the molecule is C.C.C.C.C.C[C@@H]1Cc2ccccc2N1.Cc1cc(C(=O)Cl)c([N+](=O)[O-])cc1C.Cc1cc(C(=O)N2c3ccccc3C[C@H]2C)c([N+](=O)[O-])cc1C.Cc1cc(C(=O)O)c([N+](=O)[O-])cc1C.Cl.O=C=O.O=C=O.O=C=O.c1ccc2c(c1)CCN2. The van der Waals surface area contributed by atoms with Gasteiger partial charge in [0.05, 0.1) is 14.8 Å². The van der Waals surface area contributed by atoms with Crippen molar-refractivity contribution in [2.75, 3.05) is 22.1 Å². The first-order valence-electron chi connectivity index (χ1n) is 23.6. The summed E-state index contributed by atoms with van der Waals surface area (Å²) in [5, 5.41) is 47.1. The van der Waals surface area contributed by atoms with Gasteiger partial charge in [-0.3, -0.25) is 39.9 Å². The molecule has 3 N–H and O–H groups in total. The molecule has 1 amide bonds. The lowest BCUT2D eigenvalue weighted by Crippen LogP contribution is -2.36. The molecule has 3 aliphatic rings. The Morgan fingerprint density at radius 3 is 1.31 bits per heavy atom. The van der Waals surface area contributed by atoms with Gasteiger partial charge in [-0.15, -0.1) is 12.4 Å². The third-order valence-electron chi connectivity index (χ3n) is 12.2. The maximum atomic E-state index is 13.0. The third-order valence-corrected chi connectivity index (χ3v) is 12.4. The molecule has 0 spiro atoms. The van der Waals surface area contributed by atoms with Crippen molar-refractivity contribution in [1.82, 2.24) is 0 Å². The molecular formula is C61H76Cl2N6O16. The number of carbonyl (C=O) groups excluding carboxylic acids is 8. The molecule has 22 nitrogen and oxygen atoms in total. The van der Waals surface area contributed by atoms with Crippen LogP contribution in [0.1, 0.15) is 132 Å². The van der Waals surface area contributed by atoms with Crippen LogP contribution in [0.3, 0.4) is 0 Å². The zero-order valence-corrected chi connectivity index (χ0v) is 46.1. The minimum absolute atomic E-state index is 0. The van der Waals surface area contributed by atoms with Crippen LogP contribution in [0, 0.1) is 71.9 Å². The number of carboxylic acids is 1.